The first-order chi connectivity index (χ1) is 6.11. The van der Waals surface area contributed by atoms with Crippen LogP contribution in [0.2, 0.25) is 0 Å². The van der Waals surface area contributed by atoms with E-state index in [9.17, 15) is 9.59 Å². The molecule has 4 nitrogen and oxygen atoms in total. The van der Waals surface area contributed by atoms with Crippen LogP contribution in [0.3, 0.4) is 0 Å². The Morgan fingerprint density at radius 2 is 2.07 bits per heavy atom. The monoisotopic (exact) mass is 206 g/mol. The molecule has 0 bridgehead atoms. The molecule has 0 aromatic heterocycles. The van der Waals surface area contributed by atoms with Gasteiger partial charge in [-0.15, -0.1) is 0 Å². The van der Waals surface area contributed by atoms with Crippen molar-refractivity contribution in [2.75, 3.05) is 0 Å². The van der Waals surface area contributed by atoms with Crippen LogP contribution in [0.15, 0.2) is 23.3 Å². The number of hydrogen-bond acceptors (Lipinski definition) is 2. The molecule has 0 unspecified atom stereocenters. The number of hydrogen-bond donors (Lipinski definition) is 2. The number of allylic oxidation sites excluding steroid dienone is 1. The van der Waals surface area contributed by atoms with E-state index in [1.54, 1.807) is 6.08 Å². The van der Waals surface area contributed by atoms with Crippen molar-refractivity contribution < 1.29 is 50.8 Å². The topological polar surface area (TPSA) is 74.6 Å². The molecule has 0 saturated carbocycles. The molecule has 0 fully saturated rings. The molecule has 0 aliphatic heterocycles. The Labute approximate surface area is 105 Å². The first kappa shape index (κ1) is 13.4. The summed E-state index contributed by atoms with van der Waals surface area (Å²) >= 11 is 0. The Balaban J connectivity index is 0. The van der Waals surface area contributed by atoms with Gasteiger partial charge in [-0.3, -0.25) is 0 Å². The van der Waals surface area contributed by atoms with Crippen LogP contribution in [0.5, 0.6) is 0 Å². The summed E-state index contributed by atoms with van der Waals surface area (Å²) in [5.41, 5.74) is 0.542. The summed E-state index contributed by atoms with van der Waals surface area (Å²) in [6, 6.07) is 0. The second kappa shape index (κ2) is 6.01. The minimum Gasteiger partial charge on any atom is -1.00 e. The molecule has 72 valence electrons. The molecular formula is C9H11NaO4. The van der Waals surface area contributed by atoms with Crippen LogP contribution in [-0.4, -0.2) is 22.2 Å². The van der Waals surface area contributed by atoms with Crippen LogP contribution < -0.4 is 29.6 Å². The van der Waals surface area contributed by atoms with Crippen molar-refractivity contribution in [3.05, 3.63) is 23.3 Å². The van der Waals surface area contributed by atoms with Gasteiger partial charge in [0.15, 0.2) is 0 Å². The minimum absolute atomic E-state index is 0. The summed E-state index contributed by atoms with van der Waals surface area (Å²) in [6.07, 6.45) is 4.92. The molecule has 0 saturated heterocycles. The molecule has 1 aliphatic rings. The maximum atomic E-state index is 10.6. The van der Waals surface area contributed by atoms with Gasteiger partial charge in [0.25, 0.3) is 0 Å². The largest absolute Gasteiger partial charge is 1.00 e. The fraction of sp³-hybridized carbons (Fsp3) is 0.333. The molecule has 0 heterocycles. The van der Waals surface area contributed by atoms with Gasteiger partial charge in [-0.1, -0.05) is 6.08 Å². The molecule has 14 heavy (non-hydrogen) atoms. The summed E-state index contributed by atoms with van der Waals surface area (Å²) in [5.74, 6) is -2.39. The smallest absolute Gasteiger partial charge is 1.00 e. The Kier molecular flexibility index (Phi) is 5.76. The van der Waals surface area contributed by atoms with E-state index in [1.807, 2.05) is 0 Å². The van der Waals surface area contributed by atoms with Gasteiger partial charge in [-0.25, -0.2) is 9.59 Å². The molecule has 5 heteroatoms. The molecule has 0 spiro atoms. The summed E-state index contributed by atoms with van der Waals surface area (Å²) in [7, 11) is 0. The quantitative estimate of drug-likeness (QED) is 0.427. The minimum atomic E-state index is -1.22. The predicted molar refractivity (Wildman–Crippen MR) is 46.4 cm³/mol. The SMILES string of the molecule is O=C(O)/C=C(\C(=O)O)C1=CCCC1.[H-].[Na+]. The zero-order valence-corrected chi connectivity index (χ0v) is 9.99. The van der Waals surface area contributed by atoms with Gasteiger partial charge < -0.3 is 11.6 Å². The van der Waals surface area contributed by atoms with E-state index in [4.69, 9.17) is 10.2 Å². The van der Waals surface area contributed by atoms with E-state index in [0.29, 0.717) is 12.0 Å². The summed E-state index contributed by atoms with van der Waals surface area (Å²) in [5, 5.41) is 17.1. The molecule has 1 aliphatic carbocycles. The Hall–Kier alpha value is -0.580. The maximum absolute atomic E-state index is 10.6. The van der Waals surface area contributed by atoms with E-state index >= 15 is 0 Å². The standard InChI is InChI=1S/C9H10O4.Na.H/c10-8(11)5-7(9(12)13)6-3-1-2-4-6;;/h3,5H,1-2,4H2,(H,10,11)(H,12,13);;/q;+1;-1/b7-5-;;. The van der Waals surface area contributed by atoms with Gasteiger partial charge >= 0.3 is 41.5 Å². The number of rotatable bonds is 3. The molecule has 0 atom stereocenters. The van der Waals surface area contributed by atoms with E-state index in [2.05, 4.69) is 0 Å². The van der Waals surface area contributed by atoms with Gasteiger partial charge in [0.1, 0.15) is 0 Å². The third kappa shape index (κ3) is 3.65. The van der Waals surface area contributed by atoms with Gasteiger partial charge in [-0.05, 0) is 24.8 Å². The third-order valence-electron chi connectivity index (χ3n) is 1.89. The Morgan fingerprint density at radius 1 is 1.43 bits per heavy atom. The second-order valence-corrected chi connectivity index (χ2v) is 2.82. The molecule has 2 N–H and O–H groups in total. The Bertz CT molecular complexity index is 309. The fourth-order valence-electron chi connectivity index (χ4n) is 1.33. The molecule has 0 aromatic rings. The zero-order chi connectivity index (χ0) is 9.84. The van der Waals surface area contributed by atoms with Crippen molar-refractivity contribution in [1.29, 1.82) is 0 Å². The van der Waals surface area contributed by atoms with Crippen LogP contribution in [0.25, 0.3) is 0 Å². The predicted octanol–water partition coefficient (Wildman–Crippen LogP) is -1.69. The molecule has 0 amide bonds. The van der Waals surface area contributed by atoms with Gasteiger partial charge in [0.2, 0.25) is 0 Å². The average molecular weight is 206 g/mol. The van der Waals surface area contributed by atoms with Gasteiger partial charge in [0.05, 0.1) is 5.57 Å². The molecule has 0 aromatic carbocycles. The van der Waals surface area contributed by atoms with Crippen LogP contribution in [0.4, 0.5) is 0 Å². The van der Waals surface area contributed by atoms with Crippen molar-refractivity contribution in [1.82, 2.24) is 0 Å². The number of carboxylic acids is 2. The van der Waals surface area contributed by atoms with Crippen molar-refractivity contribution in [2.24, 2.45) is 0 Å². The van der Waals surface area contributed by atoms with Crippen LogP contribution in [0, 0.1) is 0 Å². The fourth-order valence-corrected chi connectivity index (χ4v) is 1.33. The van der Waals surface area contributed by atoms with Crippen molar-refractivity contribution in [2.45, 2.75) is 19.3 Å². The summed E-state index contributed by atoms with van der Waals surface area (Å²) in [6.45, 7) is 0. The van der Waals surface area contributed by atoms with Crippen molar-refractivity contribution in [3.8, 4) is 0 Å². The zero-order valence-electron chi connectivity index (χ0n) is 8.99. The van der Waals surface area contributed by atoms with Crippen molar-refractivity contribution in [3.63, 3.8) is 0 Å². The van der Waals surface area contributed by atoms with Crippen molar-refractivity contribution >= 4 is 11.9 Å². The second-order valence-electron chi connectivity index (χ2n) is 2.82. The normalized spacial score (nSPS) is 15.7. The summed E-state index contributed by atoms with van der Waals surface area (Å²) in [4.78, 5) is 21.0. The van der Waals surface area contributed by atoms with E-state index in [0.717, 1.165) is 18.9 Å². The van der Waals surface area contributed by atoms with Crippen LogP contribution >= 0.6 is 0 Å². The Morgan fingerprint density at radius 3 is 2.43 bits per heavy atom. The number of carbonyl (C=O) groups is 2. The van der Waals surface area contributed by atoms with Crippen LogP contribution in [-0.2, 0) is 9.59 Å². The first-order valence-corrected chi connectivity index (χ1v) is 3.98. The molecule has 0 radical (unpaired) electrons. The van der Waals surface area contributed by atoms with Gasteiger partial charge in [0, 0.05) is 6.08 Å². The number of carboxylic acid groups (broad SMARTS) is 2. The molecular weight excluding hydrogens is 195 g/mol. The molecule has 1 rings (SSSR count). The third-order valence-corrected chi connectivity index (χ3v) is 1.89. The van der Waals surface area contributed by atoms with E-state index in [1.165, 1.54) is 0 Å². The first-order valence-electron chi connectivity index (χ1n) is 3.98. The van der Waals surface area contributed by atoms with E-state index in [-0.39, 0.29) is 36.6 Å². The van der Waals surface area contributed by atoms with Crippen LogP contribution in [0.1, 0.15) is 20.7 Å². The number of aliphatic carboxylic acids is 2. The van der Waals surface area contributed by atoms with Gasteiger partial charge in [-0.2, -0.15) is 0 Å². The summed E-state index contributed by atoms with van der Waals surface area (Å²) < 4.78 is 0. The maximum Gasteiger partial charge on any atom is 1.00 e. The average Bonchev–Trinajstić information content (AvgIpc) is 2.50. The van der Waals surface area contributed by atoms with E-state index < -0.39 is 11.9 Å².